The van der Waals surface area contributed by atoms with Gasteiger partial charge in [0.1, 0.15) is 5.82 Å². The van der Waals surface area contributed by atoms with E-state index in [0.29, 0.717) is 17.8 Å². The fraction of sp³-hybridized carbons (Fsp3) is 0.600. The third-order valence-corrected chi connectivity index (χ3v) is 4.35. The molecule has 1 aromatic rings. The van der Waals surface area contributed by atoms with Gasteiger partial charge in [0, 0.05) is 43.9 Å². The molecule has 0 saturated carbocycles. The van der Waals surface area contributed by atoms with Crippen molar-refractivity contribution in [3.05, 3.63) is 23.9 Å². The van der Waals surface area contributed by atoms with E-state index in [1.807, 2.05) is 12.1 Å². The molecule has 2 N–H and O–H groups in total. The molecule has 0 radical (unpaired) electrons. The maximum absolute atomic E-state index is 11.9. The van der Waals surface area contributed by atoms with Gasteiger partial charge in [-0.1, -0.05) is 6.07 Å². The number of nitrogens with zero attached hydrogens (tertiary/aromatic N) is 3. The monoisotopic (exact) mass is 274 g/mol. The van der Waals surface area contributed by atoms with Crippen LogP contribution in [0.4, 0.5) is 5.82 Å². The van der Waals surface area contributed by atoms with Crippen molar-refractivity contribution in [1.82, 2.24) is 14.8 Å². The van der Waals surface area contributed by atoms with Gasteiger partial charge in [0.2, 0.25) is 5.91 Å². The van der Waals surface area contributed by atoms with Gasteiger partial charge in [-0.15, -0.1) is 0 Å². The molecule has 5 nitrogen and oxygen atoms in total. The van der Waals surface area contributed by atoms with Crippen LogP contribution in [0.1, 0.15) is 31.2 Å². The first-order chi connectivity index (χ1) is 9.74. The lowest BCUT2D eigenvalue weighted by molar-refractivity contribution is -0.130. The molecular weight excluding hydrogens is 252 g/mol. The quantitative estimate of drug-likeness (QED) is 0.901. The number of carbonyl (C=O) groups is 1. The molecule has 0 aromatic carbocycles. The van der Waals surface area contributed by atoms with E-state index in [-0.39, 0.29) is 0 Å². The number of carbonyl (C=O) groups excluding carboxylic acids is 1. The second-order valence-corrected chi connectivity index (χ2v) is 5.77. The molecule has 5 heteroatoms. The van der Waals surface area contributed by atoms with Gasteiger partial charge in [0.15, 0.2) is 0 Å². The van der Waals surface area contributed by atoms with Gasteiger partial charge < -0.3 is 10.6 Å². The van der Waals surface area contributed by atoms with Gasteiger partial charge in [-0.2, -0.15) is 0 Å². The Labute approximate surface area is 119 Å². The largest absolute Gasteiger partial charge is 0.383 e. The van der Waals surface area contributed by atoms with Crippen LogP contribution in [0.2, 0.25) is 0 Å². The second-order valence-electron chi connectivity index (χ2n) is 5.77. The number of likely N-dealkylation sites (tertiary alicyclic amines) is 2. The zero-order chi connectivity index (χ0) is 13.9. The Morgan fingerprint density at radius 2 is 2.25 bits per heavy atom. The number of pyridine rings is 1. The topological polar surface area (TPSA) is 62.5 Å². The van der Waals surface area contributed by atoms with Crippen LogP contribution in [0, 0.1) is 0 Å². The van der Waals surface area contributed by atoms with E-state index in [4.69, 9.17) is 5.73 Å². The Morgan fingerprint density at radius 1 is 1.35 bits per heavy atom. The average Bonchev–Trinajstić information content (AvgIpc) is 2.88. The van der Waals surface area contributed by atoms with Gasteiger partial charge in [-0.3, -0.25) is 9.69 Å². The van der Waals surface area contributed by atoms with Gasteiger partial charge >= 0.3 is 0 Å². The molecule has 20 heavy (non-hydrogen) atoms. The highest BCUT2D eigenvalue weighted by atomic mass is 16.2. The van der Waals surface area contributed by atoms with Gasteiger partial charge in [-0.25, -0.2) is 4.98 Å². The first-order valence-corrected chi connectivity index (χ1v) is 7.45. The Morgan fingerprint density at radius 3 is 3.00 bits per heavy atom. The number of piperidine rings is 1. The Balaban J connectivity index is 1.63. The normalized spacial score (nSPS) is 24.3. The molecular formula is C15H22N4O. The van der Waals surface area contributed by atoms with Crippen molar-refractivity contribution < 1.29 is 4.79 Å². The SMILES string of the molecule is Nc1ncccc1CN1CCCC(N2CCCC2=O)C1. The molecule has 1 atom stereocenters. The third kappa shape index (κ3) is 2.77. The summed E-state index contributed by atoms with van der Waals surface area (Å²) in [6.07, 6.45) is 5.75. The lowest BCUT2D eigenvalue weighted by Crippen LogP contribution is -2.48. The third-order valence-electron chi connectivity index (χ3n) is 4.35. The number of aromatic nitrogens is 1. The van der Waals surface area contributed by atoms with E-state index in [1.54, 1.807) is 6.20 Å². The first kappa shape index (κ1) is 13.4. The van der Waals surface area contributed by atoms with Crippen molar-refractivity contribution in [2.24, 2.45) is 0 Å². The molecule has 2 saturated heterocycles. The lowest BCUT2D eigenvalue weighted by Gasteiger charge is -2.37. The minimum atomic E-state index is 0.331. The van der Waals surface area contributed by atoms with Crippen molar-refractivity contribution in [2.75, 3.05) is 25.4 Å². The van der Waals surface area contributed by atoms with Crippen molar-refractivity contribution in [3.63, 3.8) is 0 Å². The molecule has 0 bridgehead atoms. The summed E-state index contributed by atoms with van der Waals surface area (Å²) in [4.78, 5) is 20.5. The number of anilines is 1. The molecule has 1 aromatic heterocycles. The van der Waals surface area contributed by atoms with Crippen LogP contribution in [-0.4, -0.2) is 46.4 Å². The summed E-state index contributed by atoms with van der Waals surface area (Å²) < 4.78 is 0. The molecule has 0 spiro atoms. The second kappa shape index (κ2) is 5.79. The molecule has 1 unspecified atom stereocenters. The van der Waals surface area contributed by atoms with Crippen molar-refractivity contribution >= 4 is 11.7 Å². The summed E-state index contributed by atoms with van der Waals surface area (Å²) >= 11 is 0. The van der Waals surface area contributed by atoms with Crippen molar-refractivity contribution in [1.29, 1.82) is 0 Å². The summed E-state index contributed by atoms with van der Waals surface area (Å²) in [6, 6.07) is 4.35. The molecule has 2 aliphatic rings. The minimum absolute atomic E-state index is 0.331. The number of nitrogen functional groups attached to an aromatic ring is 1. The molecule has 108 valence electrons. The van der Waals surface area contributed by atoms with Crippen LogP contribution in [0.15, 0.2) is 18.3 Å². The zero-order valence-electron chi connectivity index (χ0n) is 11.8. The highest BCUT2D eigenvalue weighted by molar-refractivity contribution is 5.78. The highest BCUT2D eigenvalue weighted by Crippen LogP contribution is 2.23. The smallest absolute Gasteiger partial charge is 0.222 e. The summed E-state index contributed by atoms with van der Waals surface area (Å²) in [5.41, 5.74) is 7.00. The standard InChI is InChI=1S/C15H22N4O/c16-15-12(4-1-7-17-15)10-18-8-2-5-13(11-18)19-9-3-6-14(19)20/h1,4,7,13H,2-3,5-6,8-11H2,(H2,16,17). The van der Waals surface area contributed by atoms with Crippen LogP contribution in [0.3, 0.4) is 0 Å². The maximum atomic E-state index is 11.9. The van der Waals surface area contributed by atoms with E-state index in [9.17, 15) is 4.79 Å². The first-order valence-electron chi connectivity index (χ1n) is 7.45. The van der Waals surface area contributed by atoms with Crippen LogP contribution >= 0.6 is 0 Å². The van der Waals surface area contributed by atoms with E-state index >= 15 is 0 Å². The fourth-order valence-electron chi connectivity index (χ4n) is 3.31. The molecule has 2 fully saturated rings. The van der Waals surface area contributed by atoms with Crippen LogP contribution in [0.5, 0.6) is 0 Å². The van der Waals surface area contributed by atoms with Gasteiger partial charge in [-0.05, 0) is 31.9 Å². The highest BCUT2D eigenvalue weighted by Gasteiger charge is 2.31. The number of hydrogen-bond donors (Lipinski definition) is 1. The van der Waals surface area contributed by atoms with E-state index in [0.717, 1.165) is 57.4 Å². The zero-order valence-corrected chi connectivity index (χ0v) is 11.8. The summed E-state index contributed by atoms with van der Waals surface area (Å²) in [5, 5.41) is 0. The Bertz CT molecular complexity index is 491. The summed E-state index contributed by atoms with van der Waals surface area (Å²) in [7, 11) is 0. The van der Waals surface area contributed by atoms with E-state index in [2.05, 4.69) is 14.8 Å². The number of nitrogens with two attached hydrogens (primary N) is 1. The summed E-state index contributed by atoms with van der Waals surface area (Å²) in [5.74, 6) is 0.949. The minimum Gasteiger partial charge on any atom is -0.383 e. The molecule has 2 aliphatic heterocycles. The van der Waals surface area contributed by atoms with E-state index in [1.165, 1.54) is 0 Å². The fourth-order valence-corrected chi connectivity index (χ4v) is 3.31. The maximum Gasteiger partial charge on any atom is 0.222 e. The van der Waals surface area contributed by atoms with E-state index < -0.39 is 0 Å². The molecule has 1 amide bonds. The molecule has 0 aliphatic carbocycles. The Hall–Kier alpha value is -1.62. The van der Waals surface area contributed by atoms with Crippen LogP contribution in [0.25, 0.3) is 0 Å². The van der Waals surface area contributed by atoms with Crippen LogP contribution < -0.4 is 5.73 Å². The lowest BCUT2D eigenvalue weighted by atomic mass is 10.0. The van der Waals surface area contributed by atoms with Crippen LogP contribution in [-0.2, 0) is 11.3 Å². The molecule has 3 rings (SSSR count). The summed E-state index contributed by atoms with van der Waals surface area (Å²) in [6.45, 7) is 3.80. The number of amides is 1. The van der Waals surface area contributed by atoms with Gasteiger partial charge in [0.05, 0.1) is 0 Å². The average molecular weight is 274 g/mol. The van der Waals surface area contributed by atoms with Gasteiger partial charge in [0.25, 0.3) is 0 Å². The van der Waals surface area contributed by atoms with Crippen molar-refractivity contribution in [2.45, 2.75) is 38.3 Å². The number of hydrogen-bond acceptors (Lipinski definition) is 4. The number of rotatable bonds is 3. The van der Waals surface area contributed by atoms with Crippen molar-refractivity contribution in [3.8, 4) is 0 Å². The predicted molar refractivity (Wildman–Crippen MR) is 77.9 cm³/mol. The Kier molecular flexibility index (Phi) is 3.87. The molecule has 3 heterocycles. The predicted octanol–water partition coefficient (Wildman–Crippen LogP) is 1.25.